The van der Waals surface area contributed by atoms with Crippen LogP contribution < -0.4 is 5.32 Å². The Kier molecular flexibility index (Phi) is 6.31. The predicted molar refractivity (Wildman–Crippen MR) is 84.8 cm³/mol. The summed E-state index contributed by atoms with van der Waals surface area (Å²) >= 11 is 0. The minimum absolute atomic E-state index is 0.127. The van der Waals surface area contributed by atoms with Gasteiger partial charge in [-0.15, -0.1) is 0 Å². The lowest BCUT2D eigenvalue weighted by Gasteiger charge is -2.41. The third-order valence-corrected chi connectivity index (χ3v) is 5.06. The Bertz CT molecular complexity index is 278. The van der Waals surface area contributed by atoms with Crippen LogP contribution in [0.5, 0.6) is 0 Å². The van der Waals surface area contributed by atoms with Crippen molar-refractivity contribution in [1.29, 1.82) is 0 Å². The van der Waals surface area contributed by atoms with Crippen LogP contribution >= 0.6 is 0 Å². The first-order valence-corrected chi connectivity index (χ1v) is 8.72. The summed E-state index contributed by atoms with van der Waals surface area (Å²) in [6.45, 7) is 11.3. The quantitative estimate of drug-likeness (QED) is 0.753. The summed E-state index contributed by atoms with van der Waals surface area (Å²) in [4.78, 5) is 2.57. The highest BCUT2D eigenvalue weighted by Crippen LogP contribution is 2.27. The van der Waals surface area contributed by atoms with Gasteiger partial charge in [-0.25, -0.2) is 0 Å². The summed E-state index contributed by atoms with van der Waals surface area (Å²) in [5.74, 6) is 2.08. The molecule has 0 spiro atoms. The Labute approximate surface area is 125 Å². The van der Waals surface area contributed by atoms with Crippen molar-refractivity contribution in [3.63, 3.8) is 0 Å². The molecule has 1 saturated heterocycles. The number of hydrogen-bond acceptors (Lipinski definition) is 3. The van der Waals surface area contributed by atoms with Gasteiger partial charge in [0, 0.05) is 25.7 Å². The van der Waals surface area contributed by atoms with Crippen LogP contribution in [0.25, 0.3) is 0 Å². The van der Waals surface area contributed by atoms with Gasteiger partial charge in [-0.3, -0.25) is 0 Å². The van der Waals surface area contributed by atoms with Gasteiger partial charge < -0.3 is 15.3 Å². The zero-order valence-corrected chi connectivity index (χ0v) is 13.6. The lowest BCUT2D eigenvalue weighted by molar-refractivity contribution is 0.0304. The second kappa shape index (κ2) is 7.77. The Morgan fingerprint density at radius 2 is 2.00 bits per heavy atom. The maximum absolute atomic E-state index is 10.2. The summed E-state index contributed by atoms with van der Waals surface area (Å²) in [6, 6.07) is 0.578. The number of hydrogen-bond donors (Lipinski definition) is 2. The van der Waals surface area contributed by atoms with Crippen molar-refractivity contribution in [3.05, 3.63) is 0 Å². The number of nitrogens with zero attached hydrogens (tertiary/aromatic N) is 1. The van der Waals surface area contributed by atoms with E-state index >= 15 is 0 Å². The van der Waals surface area contributed by atoms with Crippen LogP contribution in [-0.2, 0) is 0 Å². The normalized spacial score (nSPS) is 30.4. The lowest BCUT2D eigenvalue weighted by atomic mass is 9.84. The van der Waals surface area contributed by atoms with E-state index in [1.165, 1.54) is 25.8 Å². The maximum atomic E-state index is 10.2. The molecule has 3 unspecified atom stereocenters. The van der Waals surface area contributed by atoms with Crippen molar-refractivity contribution in [2.75, 3.05) is 26.2 Å². The van der Waals surface area contributed by atoms with E-state index in [2.05, 4.69) is 31.0 Å². The molecule has 0 aromatic rings. The van der Waals surface area contributed by atoms with Crippen molar-refractivity contribution in [1.82, 2.24) is 10.2 Å². The van der Waals surface area contributed by atoms with Gasteiger partial charge in [0.25, 0.3) is 0 Å². The maximum Gasteiger partial charge on any atom is 0.0578 e. The lowest BCUT2D eigenvalue weighted by Crippen LogP contribution is -2.53. The molecule has 118 valence electrons. The highest BCUT2D eigenvalue weighted by atomic mass is 16.3. The first-order valence-electron chi connectivity index (χ1n) is 8.72. The van der Waals surface area contributed by atoms with Gasteiger partial charge in [-0.05, 0) is 50.0 Å². The van der Waals surface area contributed by atoms with E-state index in [1.807, 2.05) is 0 Å². The molecule has 3 nitrogen and oxygen atoms in total. The topological polar surface area (TPSA) is 35.5 Å². The molecule has 1 aliphatic carbocycles. The Hall–Kier alpha value is -0.120. The third kappa shape index (κ3) is 4.71. The summed E-state index contributed by atoms with van der Waals surface area (Å²) in [5.41, 5.74) is 0. The summed E-state index contributed by atoms with van der Waals surface area (Å²) < 4.78 is 0. The zero-order valence-electron chi connectivity index (χ0n) is 13.6. The molecule has 0 radical (unpaired) electrons. The third-order valence-electron chi connectivity index (χ3n) is 5.06. The van der Waals surface area contributed by atoms with Crippen LogP contribution in [0.3, 0.4) is 0 Å². The highest BCUT2D eigenvalue weighted by Gasteiger charge is 2.31. The van der Waals surface area contributed by atoms with Gasteiger partial charge in [-0.1, -0.05) is 27.2 Å². The molecule has 2 rings (SSSR count). The van der Waals surface area contributed by atoms with Crippen molar-refractivity contribution in [2.45, 2.75) is 65.0 Å². The van der Waals surface area contributed by atoms with E-state index < -0.39 is 0 Å². The Morgan fingerprint density at radius 1 is 1.25 bits per heavy atom. The number of piperidine rings is 1. The van der Waals surface area contributed by atoms with Crippen LogP contribution in [0, 0.1) is 17.8 Å². The fourth-order valence-corrected chi connectivity index (χ4v) is 3.69. The van der Waals surface area contributed by atoms with Crippen molar-refractivity contribution in [2.24, 2.45) is 17.8 Å². The van der Waals surface area contributed by atoms with Gasteiger partial charge in [0.15, 0.2) is 0 Å². The number of rotatable bonds is 7. The second-order valence-corrected chi connectivity index (χ2v) is 7.49. The second-order valence-electron chi connectivity index (χ2n) is 7.49. The first-order chi connectivity index (χ1) is 9.58. The minimum Gasteiger partial charge on any atom is -0.393 e. The Balaban J connectivity index is 1.84. The average Bonchev–Trinajstić information content (AvgIpc) is 2.35. The van der Waals surface area contributed by atoms with E-state index in [4.69, 9.17) is 0 Å². The summed E-state index contributed by atoms with van der Waals surface area (Å²) in [6.07, 6.45) is 6.16. The molecule has 0 aromatic heterocycles. The molecular formula is C17H34N2O. The van der Waals surface area contributed by atoms with Gasteiger partial charge >= 0.3 is 0 Å². The molecule has 2 aliphatic rings. The molecule has 1 saturated carbocycles. The Morgan fingerprint density at radius 3 is 2.55 bits per heavy atom. The van der Waals surface area contributed by atoms with Gasteiger partial charge in [0.1, 0.15) is 0 Å². The van der Waals surface area contributed by atoms with Crippen LogP contribution in [0.2, 0.25) is 0 Å². The van der Waals surface area contributed by atoms with E-state index in [0.717, 1.165) is 38.4 Å². The SMILES string of the molecule is CCC(O)C1CC(NCC2CCC2)CN(CC(C)C)C1. The van der Waals surface area contributed by atoms with Crippen molar-refractivity contribution < 1.29 is 5.11 Å². The van der Waals surface area contributed by atoms with E-state index in [0.29, 0.717) is 17.9 Å². The van der Waals surface area contributed by atoms with E-state index in [1.54, 1.807) is 0 Å². The van der Waals surface area contributed by atoms with Gasteiger partial charge in [-0.2, -0.15) is 0 Å². The molecule has 1 aliphatic heterocycles. The standard InChI is InChI=1S/C17H34N2O/c1-4-17(20)15-8-16(18-9-14-6-5-7-14)12-19(11-15)10-13(2)3/h13-18,20H,4-12H2,1-3H3. The van der Waals surface area contributed by atoms with Crippen molar-refractivity contribution in [3.8, 4) is 0 Å². The number of nitrogens with one attached hydrogen (secondary N) is 1. The van der Waals surface area contributed by atoms with Crippen LogP contribution in [0.4, 0.5) is 0 Å². The van der Waals surface area contributed by atoms with Crippen LogP contribution in [0.1, 0.15) is 52.9 Å². The molecule has 20 heavy (non-hydrogen) atoms. The number of aliphatic hydroxyl groups is 1. The van der Waals surface area contributed by atoms with Gasteiger partial charge in [0.05, 0.1) is 6.10 Å². The zero-order chi connectivity index (χ0) is 14.5. The molecule has 3 atom stereocenters. The molecular weight excluding hydrogens is 248 g/mol. The highest BCUT2D eigenvalue weighted by molar-refractivity contribution is 4.87. The van der Waals surface area contributed by atoms with Gasteiger partial charge in [0.2, 0.25) is 0 Å². The van der Waals surface area contributed by atoms with E-state index in [9.17, 15) is 5.11 Å². The smallest absolute Gasteiger partial charge is 0.0578 e. The molecule has 0 amide bonds. The molecule has 2 N–H and O–H groups in total. The van der Waals surface area contributed by atoms with E-state index in [-0.39, 0.29) is 6.10 Å². The predicted octanol–water partition coefficient (Wildman–Crippen LogP) is 2.49. The molecule has 3 heteroatoms. The number of likely N-dealkylation sites (tertiary alicyclic amines) is 1. The first kappa shape index (κ1) is 16.3. The minimum atomic E-state index is -0.127. The molecule has 2 fully saturated rings. The number of aliphatic hydroxyl groups excluding tert-OH is 1. The monoisotopic (exact) mass is 282 g/mol. The fraction of sp³-hybridized carbons (Fsp3) is 1.00. The van der Waals surface area contributed by atoms with Crippen LogP contribution in [-0.4, -0.2) is 48.3 Å². The molecule has 0 aromatic carbocycles. The summed E-state index contributed by atoms with van der Waals surface area (Å²) in [7, 11) is 0. The van der Waals surface area contributed by atoms with Crippen LogP contribution in [0.15, 0.2) is 0 Å². The molecule has 0 bridgehead atoms. The fourth-order valence-electron chi connectivity index (χ4n) is 3.69. The van der Waals surface area contributed by atoms with Crippen molar-refractivity contribution >= 4 is 0 Å². The summed E-state index contributed by atoms with van der Waals surface area (Å²) in [5, 5.41) is 14.0. The molecule has 1 heterocycles. The largest absolute Gasteiger partial charge is 0.393 e. The average molecular weight is 282 g/mol.